The van der Waals surface area contributed by atoms with Crippen LogP contribution in [0.2, 0.25) is 0 Å². The fourth-order valence-corrected chi connectivity index (χ4v) is 3.26. The van der Waals surface area contributed by atoms with Crippen molar-refractivity contribution in [2.24, 2.45) is 22.9 Å². The molecule has 0 saturated carbocycles. The maximum Gasteiger partial charge on any atom is 0.326 e. The van der Waals surface area contributed by atoms with Gasteiger partial charge in [0.05, 0.1) is 18.8 Å². The first kappa shape index (κ1) is 31.0. The standard InChI is InChI=1S/C21H35N9O7/c22-6-2-1-3-14(21(36)37)29-19(34)13(4-5-16(24)31)28-20(35)15(7-11-9-26-10-27-11)30-18(33)12(23)8-17(25)32/h9-10,12-15H,1-8,22-23H2,(H2,24,31)(H2,25,32)(H,26,27)(H,28,35)(H,29,34)(H,30,33)(H,36,37). The molecule has 5 amide bonds. The number of carbonyl (C=O) groups is 6. The van der Waals surface area contributed by atoms with Crippen molar-refractivity contribution >= 4 is 35.5 Å². The second kappa shape index (κ2) is 15.8. The molecule has 4 unspecified atom stereocenters. The average molecular weight is 526 g/mol. The fourth-order valence-electron chi connectivity index (χ4n) is 3.26. The number of H-pyrrole nitrogens is 1. The number of hydrogen-bond acceptors (Lipinski definition) is 9. The van der Waals surface area contributed by atoms with Crippen molar-refractivity contribution in [3.63, 3.8) is 0 Å². The monoisotopic (exact) mass is 525 g/mol. The Labute approximate surface area is 212 Å². The highest BCUT2D eigenvalue weighted by molar-refractivity contribution is 5.95. The summed E-state index contributed by atoms with van der Waals surface area (Å²) in [5.41, 5.74) is 21.8. The molecule has 206 valence electrons. The maximum absolute atomic E-state index is 13.1. The molecule has 1 aromatic rings. The van der Waals surface area contributed by atoms with Crippen LogP contribution in [0.5, 0.6) is 0 Å². The van der Waals surface area contributed by atoms with Gasteiger partial charge in [0.25, 0.3) is 0 Å². The van der Waals surface area contributed by atoms with Crippen LogP contribution < -0.4 is 38.9 Å². The second-order valence-corrected chi connectivity index (χ2v) is 8.37. The van der Waals surface area contributed by atoms with E-state index in [0.717, 1.165) is 0 Å². The Bertz CT molecular complexity index is 939. The number of amides is 5. The van der Waals surface area contributed by atoms with E-state index in [1.165, 1.54) is 12.5 Å². The summed E-state index contributed by atoms with van der Waals surface area (Å²) in [7, 11) is 0. The topological polar surface area (TPSA) is 292 Å². The van der Waals surface area contributed by atoms with Crippen LogP contribution in [0.25, 0.3) is 0 Å². The molecule has 0 aliphatic heterocycles. The maximum atomic E-state index is 13.1. The number of carbonyl (C=O) groups excluding carboxylic acids is 5. The molecule has 0 bridgehead atoms. The summed E-state index contributed by atoms with van der Waals surface area (Å²) >= 11 is 0. The van der Waals surface area contributed by atoms with Gasteiger partial charge in [0.1, 0.15) is 18.1 Å². The Morgan fingerprint density at radius 2 is 1.51 bits per heavy atom. The number of carboxylic acid groups (broad SMARTS) is 1. The summed E-state index contributed by atoms with van der Waals surface area (Å²) in [4.78, 5) is 79.1. The molecule has 37 heavy (non-hydrogen) atoms. The predicted octanol–water partition coefficient (Wildman–Crippen LogP) is -3.91. The third-order valence-corrected chi connectivity index (χ3v) is 5.24. The SMILES string of the molecule is NCCCCC(NC(=O)C(CCC(N)=O)NC(=O)C(Cc1cnc[nH]1)NC(=O)C(N)CC(N)=O)C(=O)O. The van der Waals surface area contributed by atoms with Gasteiger partial charge in [0, 0.05) is 24.7 Å². The highest BCUT2D eigenvalue weighted by Crippen LogP contribution is 2.06. The normalized spacial score (nSPS) is 14.0. The van der Waals surface area contributed by atoms with Crippen molar-refractivity contribution in [3.05, 3.63) is 18.2 Å². The van der Waals surface area contributed by atoms with Crippen LogP contribution in [0.3, 0.4) is 0 Å². The third kappa shape index (κ3) is 12.0. The van der Waals surface area contributed by atoms with E-state index < -0.39 is 66.1 Å². The molecule has 16 heteroatoms. The zero-order valence-corrected chi connectivity index (χ0v) is 20.3. The summed E-state index contributed by atoms with van der Waals surface area (Å²) in [5, 5.41) is 16.6. The number of nitrogens with zero attached hydrogens (tertiary/aromatic N) is 1. The van der Waals surface area contributed by atoms with Crippen LogP contribution in [0.1, 0.15) is 44.2 Å². The number of primary amides is 2. The fraction of sp³-hybridized carbons (Fsp3) is 0.571. The number of aromatic amines is 1. The van der Waals surface area contributed by atoms with E-state index in [2.05, 4.69) is 25.9 Å². The van der Waals surface area contributed by atoms with Gasteiger partial charge in [-0.1, -0.05) is 0 Å². The van der Waals surface area contributed by atoms with Crippen LogP contribution >= 0.6 is 0 Å². The van der Waals surface area contributed by atoms with Gasteiger partial charge in [-0.15, -0.1) is 0 Å². The van der Waals surface area contributed by atoms with E-state index in [-0.39, 0.29) is 25.7 Å². The smallest absolute Gasteiger partial charge is 0.326 e. The molecule has 16 nitrogen and oxygen atoms in total. The molecule has 0 spiro atoms. The van der Waals surface area contributed by atoms with Crippen molar-refractivity contribution in [3.8, 4) is 0 Å². The summed E-state index contributed by atoms with van der Waals surface area (Å²) in [5.74, 6) is -5.38. The van der Waals surface area contributed by atoms with Gasteiger partial charge in [-0.05, 0) is 32.2 Å². The first-order chi connectivity index (χ1) is 17.4. The highest BCUT2D eigenvalue weighted by atomic mass is 16.4. The van der Waals surface area contributed by atoms with Crippen LogP contribution in [-0.2, 0) is 35.2 Å². The van der Waals surface area contributed by atoms with Gasteiger partial charge in [0.15, 0.2) is 0 Å². The number of imidazole rings is 1. The molecule has 0 fully saturated rings. The molecule has 13 N–H and O–H groups in total. The number of rotatable bonds is 18. The lowest BCUT2D eigenvalue weighted by Gasteiger charge is -2.25. The Morgan fingerprint density at radius 1 is 0.892 bits per heavy atom. The van der Waals surface area contributed by atoms with E-state index in [4.69, 9.17) is 22.9 Å². The molecule has 0 aliphatic rings. The van der Waals surface area contributed by atoms with E-state index in [1.54, 1.807) is 0 Å². The second-order valence-electron chi connectivity index (χ2n) is 8.37. The summed E-state index contributed by atoms with van der Waals surface area (Å²) in [6.45, 7) is 0.351. The lowest BCUT2D eigenvalue weighted by atomic mass is 10.0. The lowest BCUT2D eigenvalue weighted by Crippen LogP contribution is -2.58. The molecular weight excluding hydrogens is 490 g/mol. The average Bonchev–Trinajstić information content (AvgIpc) is 3.32. The van der Waals surface area contributed by atoms with E-state index >= 15 is 0 Å². The zero-order valence-electron chi connectivity index (χ0n) is 20.3. The van der Waals surface area contributed by atoms with Gasteiger partial charge in [-0.25, -0.2) is 9.78 Å². The van der Waals surface area contributed by atoms with Gasteiger partial charge < -0.3 is 49.0 Å². The Hall–Kier alpha value is -4.05. The van der Waals surface area contributed by atoms with Gasteiger partial charge in [-0.3, -0.25) is 24.0 Å². The highest BCUT2D eigenvalue weighted by Gasteiger charge is 2.31. The first-order valence-electron chi connectivity index (χ1n) is 11.6. The van der Waals surface area contributed by atoms with Crippen molar-refractivity contribution in [1.29, 1.82) is 0 Å². The minimum absolute atomic E-state index is 0.0954. The van der Waals surface area contributed by atoms with Crippen LogP contribution in [-0.4, -0.2) is 81.3 Å². The number of hydrogen-bond donors (Lipinski definition) is 9. The molecule has 0 aromatic carbocycles. The van der Waals surface area contributed by atoms with Gasteiger partial charge in [-0.2, -0.15) is 0 Å². The van der Waals surface area contributed by atoms with E-state index in [0.29, 0.717) is 25.1 Å². The first-order valence-corrected chi connectivity index (χ1v) is 11.6. The van der Waals surface area contributed by atoms with Crippen molar-refractivity contribution < 1.29 is 33.9 Å². The van der Waals surface area contributed by atoms with Crippen molar-refractivity contribution in [2.45, 2.75) is 69.1 Å². The number of aromatic nitrogens is 2. The lowest BCUT2D eigenvalue weighted by molar-refractivity contribution is -0.142. The molecular formula is C21H35N9O7. The Morgan fingerprint density at radius 3 is 2.05 bits per heavy atom. The summed E-state index contributed by atoms with van der Waals surface area (Å²) < 4.78 is 0. The van der Waals surface area contributed by atoms with Gasteiger partial charge >= 0.3 is 5.97 Å². The number of carboxylic acids is 1. The third-order valence-electron chi connectivity index (χ3n) is 5.24. The molecule has 1 aromatic heterocycles. The molecule has 4 atom stereocenters. The minimum atomic E-state index is -1.35. The Balaban J connectivity index is 3.05. The number of nitrogens with two attached hydrogens (primary N) is 4. The van der Waals surface area contributed by atoms with E-state index in [9.17, 15) is 33.9 Å². The van der Waals surface area contributed by atoms with Crippen LogP contribution in [0.4, 0.5) is 0 Å². The number of nitrogens with one attached hydrogen (secondary N) is 4. The largest absolute Gasteiger partial charge is 0.480 e. The quantitative estimate of drug-likeness (QED) is 0.0839. The Kier molecular flexibility index (Phi) is 13.3. The van der Waals surface area contributed by atoms with Crippen molar-refractivity contribution in [2.75, 3.05) is 6.54 Å². The molecule has 0 radical (unpaired) electrons. The molecule has 1 heterocycles. The van der Waals surface area contributed by atoms with Crippen molar-refractivity contribution in [1.82, 2.24) is 25.9 Å². The summed E-state index contributed by atoms with van der Waals surface area (Å²) in [6.07, 6.45) is 2.78. The summed E-state index contributed by atoms with van der Waals surface area (Å²) in [6, 6.07) is -5.21. The molecule has 0 saturated heterocycles. The van der Waals surface area contributed by atoms with E-state index in [1.807, 2.05) is 0 Å². The molecule has 0 aliphatic carbocycles. The minimum Gasteiger partial charge on any atom is -0.480 e. The van der Waals surface area contributed by atoms with Crippen LogP contribution in [0.15, 0.2) is 12.5 Å². The van der Waals surface area contributed by atoms with Crippen LogP contribution in [0, 0.1) is 0 Å². The van der Waals surface area contributed by atoms with Gasteiger partial charge in [0.2, 0.25) is 29.5 Å². The number of unbranched alkanes of at least 4 members (excludes halogenated alkanes) is 1. The predicted molar refractivity (Wildman–Crippen MR) is 129 cm³/mol. The number of aliphatic carboxylic acids is 1. The molecule has 1 rings (SSSR count). The zero-order chi connectivity index (χ0) is 28.0.